The van der Waals surface area contributed by atoms with Crippen LogP contribution in [0.4, 0.5) is 0 Å². The zero-order valence-corrected chi connectivity index (χ0v) is 8.42. The summed E-state index contributed by atoms with van der Waals surface area (Å²) < 4.78 is 0. The summed E-state index contributed by atoms with van der Waals surface area (Å²) in [4.78, 5) is 11.6. The highest BCUT2D eigenvalue weighted by molar-refractivity contribution is 5.86. The smallest absolute Gasteiger partial charge is 0.141 e. The minimum Gasteiger partial charge on any atom is -0.388 e. The summed E-state index contributed by atoms with van der Waals surface area (Å²) >= 11 is 0. The van der Waals surface area contributed by atoms with E-state index in [1.54, 1.807) is 12.2 Å². The molecule has 2 heteroatoms. The second-order valence-corrected chi connectivity index (χ2v) is 4.02. The molecule has 2 atom stereocenters. The molecule has 1 N–H and O–H groups in total. The highest BCUT2D eigenvalue weighted by atomic mass is 16.3. The summed E-state index contributed by atoms with van der Waals surface area (Å²) in [6, 6.07) is 0. The minimum absolute atomic E-state index is 0.212. The maximum atomic E-state index is 11.6. The molecule has 13 heavy (non-hydrogen) atoms. The molecule has 2 nitrogen and oxygen atoms in total. The molecule has 2 unspecified atom stereocenters. The van der Waals surface area contributed by atoms with Gasteiger partial charge < -0.3 is 5.11 Å². The van der Waals surface area contributed by atoms with Crippen LogP contribution in [0, 0.1) is 5.41 Å². The predicted octanol–water partition coefficient (Wildman–Crippen LogP) is 2.07. The van der Waals surface area contributed by atoms with Gasteiger partial charge in [-0.25, -0.2) is 0 Å². The molecule has 1 aliphatic rings. The van der Waals surface area contributed by atoms with Crippen molar-refractivity contribution in [2.75, 3.05) is 0 Å². The Morgan fingerprint density at radius 3 is 2.77 bits per heavy atom. The average molecular weight is 182 g/mol. The van der Waals surface area contributed by atoms with E-state index in [2.05, 4.69) is 0 Å². The van der Waals surface area contributed by atoms with Gasteiger partial charge in [0.05, 0.1) is 11.5 Å². The van der Waals surface area contributed by atoms with Gasteiger partial charge in [0.2, 0.25) is 0 Å². The number of hydrogen-bond donors (Lipinski definition) is 1. The Bertz CT molecular complexity index is 220. The van der Waals surface area contributed by atoms with E-state index in [4.69, 9.17) is 0 Å². The molecule has 1 rings (SSSR count). The van der Waals surface area contributed by atoms with E-state index >= 15 is 0 Å². The topological polar surface area (TPSA) is 37.3 Å². The van der Waals surface area contributed by atoms with E-state index in [-0.39, 0.29) is 5.78 Å². The molecule has 1 fully saturated rings. The second kappa shape index (κ2) is 4.05. The van der Waals surface area contributed by atoms with E-state index < -0.39 is 11.5 Å². The van der Waals surface area contributed by atoms with Gasteiger partial charge >= 0.3 is 0 Å². The largest absolute Gasteiger partial charge is 0.388 e. The molecule has 0 spiro atoms. The lowest BCUT2D eigenvalue weighted by Gasteiger charge is -2.34. The van der Waals surface area contributed by atoms with Crippen LogP contribution in [0.3, 0.4) is 0 Å². The molecule has 1 saturated carbocycles. The first kappa shape index (κ1) is 10.5. The zero-order chi connectivity index (χ0) is 9.90. The number of Topliss-reactive ketones (excluding diaryl/α,β-unsaturated/α-hetero) is 1. The van der Waals surface area contributed by atoms with Crippen LogP contribution in [0.15, 0.2) is 12.2 Å². The Labute approximate surface area is 79.6 Å². The number of aliphatic hydroxyl groups is 1. The standard InChI is InChI=1S/C11H18O2/c1-3-6-9(12)11(2)8-5-4-7-10(11)13/h3,6,9,12H,4-5,7-8H2,1-2H3/b6-3+. The second-order valence-electron chi connectivity index (χ2n) is 4.02. The average Bonchev–Trinajstić information content (AvgIpc) is 2.11. The van der Waals surface area contributed by atoms with Crippen LogP contribution in [0.2, 0.25) is 0 Å². The van der Waals surface area contributed by atoms with E-state index in [9.17, 15) is 9.90 Å². The van der Waals surface area contributed by atoms with E-state index in [0.29, 0.717) is 6.42 Å². The van der Waals surface area contributed by atoms with Gasteiger partial charge in [0, 0.05) is 6.42 Å². The first-order valence-electron chi connectivity index (χ1n) is 4.95. The molecule has 1 aliphatic carbocycles. The van der Waals surface area contributed by atoms with Crippen molar-refractivity contribution in [2.24, 2.45) is 5.41 Å². The molecule has 0 aromatic rings. The molecule has 0 saturated heterocycles. The van der Waals surface area contributed by atoms with Crippen LogP contribution >= 0.6 is 0 Å². The molecule has 74 valence electrons. The number of allylic oxidation sites excluding steroid dienone is 1. The Morgan fingerprint density at radius 2 is 2.23 bits per heavy atom. The summed E-state index contributed by atoms with van der Waals surface area (Å²) in [6.07, 6.45) is 6.39. The van der Waals surface area contributed by atoms with E-state index in [0.717, 1.165) is 19.3 Å². The maximum absolute atomic E-state index is 11.6. The van der Waals surface area contributed by atoms with Gasteiger partial charge in [0.1, 0.15) is 5.78 Å². The lowest BCUT2D eigenvalue weighted by atomic mass is 9.70. The third-order valence-electron chi connectivity index (χ3n) is 3.01. The number of ketones is 1. The summed E-state index contributed by atoms with van der Waals surface area (Å²) in [7, 11) is 0. The highest BCUT2D eigenvalue weighted by Crippen LogP contribution is 2.36. The molecular weight excluding hydrogens is 164 g/mol. The van der Waals surface area contributed by atoms with Crippen LogP contribution in [0.25, 0.3) is 0 Å². The first-order chi connectivity index (χ1) is 6.11. The van der Waals surface area contributed by atoms with Crippen LogP contribution in [0.5, 0.6) is 0 Å². The van der Waals surface area contributed by atoms with E-state index in [1.807, 2.05) is 13.8 Å². The number of carbonyl (C=O) groups excluding carboxylic acids is 1. The number of hydrogen-bond acceptors (Lipinski definition) is 2. The fourth-order valence-corrected chi connectivity index (χ4v) is 1.91. The Hall–Kier alpha value is -0.630. The fraction of sp³-hybridized carbons (Fsp3) is 0.727. The quantitative estimate of drug-likeness (QED) is 0.664. The van der Waals surface area contributed by atoms with Gasteiger partial charge in [0.25, 0.3) is 0 Å². The van der Waals surface area contributed by atoms with Crippen molar-refractivity contribution in [1.29, 1.82) is 0 Å². The lowest BCUT2D eigenvalue weighted by Crippen LogP contribution is -2.41. The normalized spacial score (nSPS) is 32.4. The first-order valence-corrected chi connectivity index (χ1v) is 4.95. The highest BCUT2D eigenvalue weighted by Gasteiger charge is 2.40. The van der Waals surface area contributed by atoms with Gasteiger partial charge in [0.15, 0.2) is 0 Å². The van der Waals surface area contributed by atoms with Crippen molar-refractivity contribution < 1.29 is 9.90 Å². The molecule has 0 radical (unpaired) electrons. The summed E-state index contributed by atoms with van der Waals surface area (Å²) in [6.45, 7) is 3.74. The fourth-order valence-electron chi connectivity index (χ4n) is 1.91. The molecule has 0 aromatic carbocycles. The van der Waals surface area contributed by atoms with Crippen molar-refractivity contribution in [2.45, 2.75) is 45.6 Å². The van der Waals surface area contributed by atoms with Crippen molar-refractivity contribution >= 4 is 5.78 Å². The molecule has 0 aliphatic heterocycles. The van der Waals surface area contributed by atoms with Crippen LogP contribution in [-0.4, -0.2) is 17.0 Å². The van der Waals surface area contributed by atoms with Crippen molar-refractivity contribution in [3.8, 4) is 0 Å². The monoisotopic (exact) mass is 182 g/mol. The molecule has 0 aromatic heterocycles. The van der Waals surface area contributed by atoms with Crippen LogP contribution in [-0.2, 0) is 4.79 Å². The number of carbonyl (C=O) groups is 1. The zero-order valence-electron chi connectivity index (χ0n) is 8.42. The third-order valence-corrected chi connectivity index (χ3v) is 3.01. The Kier molecular flexibility index (Phi) is 3.26. The van der Waals surface area contributed by atoms with Crippen molar-refractivity contribution in [3.63, 3.8) is 0 Å². The number of rotatable bonds is 2. The van der Waals surface area contributed by atoms with Gasteiger partial charge in [-0.1, -0.05) is 18.6 Å². The Morgan fingerprint density at radius 1 is 1.54 bits per heavy atom. The van der Waals surface area contributed by atoms with E-state index in [1.165, 1.54) is 0 Å². The van der Waals surface area contributed by atoms with Gasteiger partial charge in [-0.2, -0.15) is 0 Å². The van der Waals surface area contributed by atoms with Crippen LogP contribution < -0.4 is 0 Å². The number of aliphatic hydroxyl groups excluding tert-OH is 1. The third kappa shape index (κ3) is 1.99. The SMILES string of the molecule is C/C=C/C(O)C1(C)CCCCC1=O. The molecule has 0 bridgehead atoms. The lowest BCUT2D eigenvalue weighted by molar-refractivity contribution is -0.135. The summed E-state index contributed by atoms with van der Waals surface area (Å²) in [5, 5.41) is 9.80. The molecule has 0 amide bonds. The molecular formula is C11H18O2. The van der Waals surface area contributed by atoms with Gasteiger partial charge in [-0.15, -0.1) is 0 Å². The Balaban J connectivity index is 2.77. The summed E-state index contributed by atoms with van der Waals surface area (Å²) in [5.74, 6) is 0.212. The maximum Gasteiger partial charge on any atom is 0.141 e. The predicted molar refractivity (Wildman–Crippen MR) is 52.4 cm³/mol. The van der Waals surface area contributed by atoms with Crippen LogP contribution in [0.1, 0.15) is 39.5 Å². The molecule has 0 heterocycles. The van der Waals surface area contributed by atoms with Crippen molar-refractivity contribution in [3.05, 3.63) is 12.2 Å². The minimum atomic E-state index is -0.606. The van der Waals surface area contributed by atoms with Crippen molar-refractivity contribution in [1.82, 2.24) is 0 Å². The summed E-state index contributed by atoms with van der Waals surface area (Å²) in [5.41, 5.74) is -0.523. The van der Waals surface area contributed by atoms with Gasteiger partial charge in [-0.05, 0) is 26.7 Å². The van der Waals surface area contributed by atoms with Gasteiger partial charge in [-0.3, -0.25) is 4.79 Å².